The van der Waals surface area contributed by atoms with E-state index in [-0.39, 0.29) is 10.6 Å². The largest absolute Gasteiger partial charge is 0.490 e. The fourth-order valence-electron chi connectivity index (χ4n) is 2.81. The van der Waals surface area contributed by atoms with Crippen LogP contribution in [0.5, 0.6) is 5.75 Å². The van der Waals surface area contributed by atoms with Gasteiger partial charge in [-0.1, -0.05) is 12.8 Å². The SMILES string of the molecule is CC(C)(CCCCN)NS(=O)(=O)c1ccc(F)c(OCC2CCC2)c1. The first-order valence-corrected chi connectivity index (χ1v) is 10.4. The fourth-order valence-corrected chi connectivity index (χ4v) is 4.27. The van der Waals surface area contributed by atoms with Crippen molar-refractivity contribution in [2.24, 2.45) is 11.7 Å². The molecule has 3 N–H and O–H groups in total. The third-order valence-electron chi connectivity index (χ3n) is 4.58. The van der Waals surface area contributed by atoms with E-state index >= 15 is 0 Å². The number of benzene rings is 1. The van der Waals surface area contributed by atoms with Gasteiger partial charge in [-0.05, 0) is 64.1 Å². The van der Waals surface area contributed by atoms with Crippen molar-refractivity contribution in [2.75, 3.05) is 13.2 Å². The van der Waals surface area contributed by atoms with Gasteiger partial charge >= 0.3 is 0 Å². The smallest absolute Gasteiger partial charge is 0.241 e. The molecule has 1 aliphatic carbocycles. The van der Waals surface area contributed by atoms with Gasteiger partial charge < -0.3 is 10.5 Å². The standard InChI is InChI=1S/C18H29FN2O3S/c1-18(2,10-3-4-11-20)21-25(22,23)15-8-9-16(19)17(12-15)24-13-14-6-5-7-14/h8-9,12,14,21H,3-7,10-11,13,20H2,1-2H3. The maximum Gasteiger partial charge on any atom is 0.241 e. The summed E-state index contributed by atoms with van der Waals surface area (Å²) in [5.41, 5.74) is 4.88. The van der Waals surface area contributed by atoms with Gasteiger partial charge in [0.25, 0.3) is 0 Å². The van der Waals surface area contributed by atoms with Crippen LogP contribution in [0.2, 0.25) is 0 Å². The molecule has 0 unspecified atom stereocenters. The molecule has 0 aliphatic heterocycles. The van der Waals surface area contributed by atoms with Crippen LogP contribution >= 0.6 is 0 Å². The Morgan fingerprint density at radius 2 is 2.04 bits per heavy atom. The van der Waals surface area contributed by atoms with Crippen LogP contribution in [0.15, 0.2) is 23.1 Å². The molecule has 1 aliphatic rings. The Kier molecular flexibility index (Phi) is 6.82. The molecule has 1 saturated carbocycles. The van der Waals surface area contributed by atoms with E-state index in [4.69, 9.17) is 10.5 Å². The lowest BCUT2D eigenvalue weighted by Gasteiger charge is -2.26. The number of hydrogen-bond acceptors (Lipinski definition) is 4. The van der Waals surface area contributed by atoms with Gasteiger partial charge in [-0.15, -0.1) is 0 Å². The molecule has 0 radical (unpaired) electrons. The average molecular weight is 373 g/mol. The predicted octanol–water partition coefficient (Wildman–Crippen LogP) is 3.19. The molecule has 1 aromatic carbocycles. The zero-order valence-electron chi connectivity index (χ0n) is 15.1. The molecular weight excluding hydrogens is 343 g/mol. The Morgan fingerprint density at radius 1 is 1.32 bits per heavy atom. The highest BCUT2D eigenvalue weighted by Crippen LogP contribution is 2.29. The number of hydrogen-bond donors (Lipinski definition) is 2. The van der Waals surface area contributed by atoms with Gasteiger partial charge in [0.05, 0.1) is 11.5 Å². The van der Waals surface area contributed by atoms with Crippen LogP contribution in [-0.2, 0) is 10.0 Å². The minimum absolute atomic E-state index is 0.00397. The van der Waals surface area contributed by atoms with Crippen molar-refractivity contribution < 1.29 is 17.5 Å². The van der Waals surface area contributed by atoms with E-state index in [2.05, 4.69) is 4.72 Å². The average Bonchev–Trinajstić information content (AvgIpc) is 2.46. The monoisotopic (exact) mass is 372 g/mol. The third-order valence-corrected chi connectivity index (χ3v) is 6.27. The summed E-state index contributed by atoms with van der Waals surface area (Å²) in [5, 5.41) is 0. The molecule has 0 spiro atoms. The summed E-state index contributed by atoms with van der Waals surface area (Å²) in [7, 11) is -3.75. The lowest BCUT2D eigenvalue weighted by molar-refractivity contribution is 0.175. The number of unbranched alkanes of at least 4 members (excludes halogenated alkanes) is 1. The van der Waals surface area contributed by atoms with Gasteiger partial charge in [0.2, 0.25) is 10.0 Å². The highest BCUT2D eigenvalue weighted by molar-refractivity contribution is 7.89. The van der Waals surface area contributed by atoms with E-state index < -0.39 is 21.4 Å². The van der Waals surface area contributed by atoms with Crippen molar-refractivity contribution in [3.8, 4) is 5.75 Å². The Hall–Kier alpha value is -1.18. The number of nitrogens with two attached hydrogens (primary N) is 1. The lowest BCUT2D eigenvalue weighted by atomic mass is 9.86. The van der Waals surface area contributed by atoms with E-state index in [9.17, 15) is 12.8 Å². The van der Waals surface area contributed by atoms with Gasteiger partial charge in [-0.2, -0.15) is 0 Å². The van der Waals surface area contributed by atoms with Crippen molar-refractivity contribution in [1.29, 1.82) is 0 Å². The summed E-state index contributed by atoms with van der Waals surface area (Å²) < 4.78 is 47.4. The van der Waals surface area contributed by atoms with E-state index in [1.807, 2.05) is 13.8 Å². The summed E-state index contributed by atoms with van der Waals surface area (Å²) in [6.45, 7) is 4.68. The molecule has 1 fully saturated rings. The Morgan fingerprint density at radius 3 is 2.64 bits per heavy atom. The van der Waals surface area contributed by atoms with E-state index in [1.54, 1.807) is 0 Å². The first-order valence-electron chi connectivity index (χ1n) is 8.90. The molecule has 0 bridgehead atoms. The summed E-state index contributed by atoms with van der Waals surface area (Å²) in [4.78, 5) is 0.0180. The lowest BCUT2D eigenvalue weighted by Crippen LogP contribution is -2.43. The molecule has 5 nitrogen and oxygen atoms in total. The van der Waals surface area contributed by atoms with Crippen molar-refractivity contribution >= 4 is 10.0 Å². The third kappa shape index (κ3) is 5.94. The highest BCUT2D eigenvalue weighted by Gasteiger charge is 2.27. The second kappa shape index (κ2) is 8.47. The van der Waals surface area contributed by atoms with Gasteiger partial charge in [-0.25, -0.2) is 17.5 Å². The van der Waals surface area contributed by atoms with Crippen molar-refractivity contribution in [2.45, 2.75) is 62.8 Å². The topological polar surface area (TPSA) is 81.4 Å². The highest BCUT2D eigenvalue weighted by atomic mass is 32.2. The number of ether oxygens (including phenoxy) is 1. The molecule has 0 atom stereocenters. The molecule has 7 heteroatoms. The number of halogens is 1. The Labute approximate surface area is 150 Å². The Bertz CT molecular complexity index is 673. The van der Waals surface area contributed by atoms with E-state index in [1.165, 1.54) is 18.6 Å². The summed E-state index contributed by atoms with van der Waals surface area (Å²) >= 11 is 0. The fraction of sp³-hybridized carbons (Fsp3) is 0.667. The molecule has 25 heavy (non-hydrogen) atoms. The maximum absolute atomic E-state index is 13.9. The second-order valence-corrected chi connectivity index (χ2v) is 9.12. The van der Waals surface area contributed by atoms with Crippen LogP contribution in [0.25, 0.3) is 0 Å². The zero-order chi connectivity index (χ0) is 18.5. The van der Waals surface area contributed by atoms with Crippen LogP contribution in [0.3, 0.4) is 0 Å². The zero-order valence-corrected chi connectivity index (χ0v) is 15.9. The first kappa shape index (κ1) is 20.1. The summed E-state index contributed by atoms with van der Waals surface area (Å²) in [6, 6.07) is 3.68. The van der Waals surface area contributed by atoms with Crippen LogP contribution in [0.4, 0.5) is 4.39 Å². The molecular formula is C18H29FN2O3S. The van der Waals surface area contributed by atoms with Crippen molar-refractivity contribution in [3.63, 3.8) is 0 Å². The molecule has 1 aromatic rings. The molecule has 0 saturated heterocycles. The van der Waals surface area contributed by atoms with Gasteiger partial charge in [0.1, 0.15) is 0 Å². The van der Waals surface area contributed by atoms with Crippen LogP contribution in [0.1, 0.15) is 52.4 Å². The quantitative estimate of drug-likeness (QED) is 0.618. The molecule has 0 amide bonds. The van der Waals surface area contributed by atoms with E-state index in [0.29, 0.717) is 25.5 Å². The van der Waals surface area contributed by atoms with Crippen molar-refractivity contribution in [1.82, 2.24) is 4.72 Å². The number of sulfonamides is 1. The number of nitrogens with one attached hydrogen (secondary N) is 1. The molecule has 142 valence electrons. The molecule has 0 aromatic heterocycles. The maximum atomic E-state index is 13.9. The molecule has 0 heterocycles. The van der Waals surface area contributed by atoms with Gasteiger partial charge in [-0.3, -0.25) is 0 Å². The second-order valence-electron chi connectivity index (χ2n) is 7.44. The summed E-state index contributed by atoms with van der Waals surface area (Å²) in [6.07, 6.45) is 5.70. The normalized spacial score (nSPS) is 15.8. The molecule has 2 rings (SSSR count). The summed E-state index contributed by atoms with van der Waals surface area (Å²) in [5.74, 6) is -0.101. The minimum atomic E-state index is -3.75. The van der Waals surface area contributed by atoms with Crippen LogP contribution in [0, 0.1) is 11.7 Å². The Balaban J connectivity index is 2.06. The van der Waals surface area contributed by atoms with Crippen molar-refractivity contribution in [3.05, 3.63) is 24.0 Å². The van der Waals surface area contributed by atoms with E-state index in [0.717, 1.165) is 31.7 Å². The van der Waals surface area contributed by atoms with Crippen LogP contribution < -0.4 is 15.2 Å². The first-order chi connectivity index (χ1) is 11.7. The predicted molar refractivity (Wildman–Crippen MR) is 96.5 cm³/mol. The van der Waals surface area contributed by atoms with Gasteiger partial charge in [0.15, 0.2) is 11.6 Å². The van der Waals surface area contributed by atoms with Crippen LogP contribution in [-0.4, -0.2) is 27.1 Å². The van der Waals surface area contributed by atoms with Gasteiger partial charge in [0, 0.05) is 11.6 Å². The minimum Gasteiger partial charge on any atom is -0.490 e. The number of rotatable bonds is 10.